The fourth-order valence-corrected chi connectivity index (χ4v) is 6.70. The summed E-state index contributed by atoms with van der Waals surface area (Å²) in [5.74, 6) is -2.37. The average Bonchev–Trinajstić information content (AvgIpc) is 2.58. The molecule has 0 heterocycles. The molecule has 3 aliphatic rings. The number of rotatable bonds is 2. The van der Waals surface area contributed by atoms with Crippen LogP contribution in [-0.4, -0.2) is 51.0 Å². The number of ether oxygens (including phenoxy) is 1. The zero-order chi connectivity index (χ0) is 21.3. The number of carbonyl (C=O) groups excluding carboxylic acids is 2. The van der Waals surface area contributed by atoms with Crippen molar-refractivity contribution in [3.8, 4) is 0 Å². The van der Waals surface area contributed by atoms with Crippen molar-refractivity contribution >= 4 is 11.8 Å². The molecule has 6 nitrogen and oxygen atoms in total. The fraction of sp³-hybridized carbons (Fsp3) is 0.818. The van der Waals surface area contributed by atoms with Gasteiger partial charge in [-0.15, -0.1) is 6.58 Å². The van der Waals surface area contributed by atoms with Crippen LogP contribution in [0.25, 0.3) is 0 Å². The van der Waals surface area contributed by atoms with E-state index in [-0.39, 0.29) is 12.2 Å². The number of hydrogen-bond acceptors (Lipinski definition) is 6. The molecule has 8 atom stereocenters. The Balaban J connectivity index is 2.24. The molecule has 0 bridgehead atoms. The van der Waals surface area contributed by atoms with Gasteiger partial charge in [-0.25, -0.2) is 0 Å². The van der Waals surface area contributed by atoms with E-state index in [2.05, 4.69) is 6.58 Å². The quantitative estimate of drug-likeness (QED) is 0.489. The van der Waals surface area contributed by atoms with E-state index in [1.165, 1.54) is 6.92 Å². The van der Waals surface area contributed by atoms with Gasteiger partial charge >= 0.3 is 5.97 Å². The Morgan fingerprint density at radius 3 is 2.39 bits per heavy atom. The van der Waals surface area contributed by atoms with Gasteiger partial charge in [0.1, 0.15) is 11.7 Å². The number of ketones is 1. The Kier molecular flexibility index (Phi) is 4.89. The van der Waals surface area contributed by atoms with Crippen LogP contribution in [0, 0.1) is 28.1 Å². The largest absolute Gasteiger partial charge is 0.459 e. The van der Waals surface area contributed by atoms with Gasteiger partial charge in [-0.1, -0.05) is 33.8 Å². The number of carbonyl (C=O) groups is 2. The van der Waals surface area contributed by atoms with E-state index in [4.69, 9.17) is 4.74 Å². The van der Waals surface area contributed by atoms with E-state index in [1.54, 1.807) is 13.0 Å². The molecule has 3 aliphatic carbocycles. The molecule has 0 unspecified atom stereocenters. The van der Waals surface area contributed by atoms with Gasteiger partial charge in [0, 0.05) is 30.6 Å². The highest BCUT2D eigenvalue weighted by molar-refractivity contribution is 5.91. The molecule has 0 amide bonds. The number of aliphatic hydroxyl groups is 3. The predicted molar refractivity (Wildman–Crippen MR) is 103 cm³/mol. The summed E-state index contributed by atoms with van der Waals surface area (Å²) in [5, 5.41) is 34.4. The number of Topliss-reactive ketones (excluding diaryl/α,β-unsaturated/α-hetero) is 1. The SMILES string of the molecule is C=C[C@]1(C)CC(=O)[C@]2(O)[C@H](C1)[C@@H](OC(C)=O)[C@@H](O)[C@@H]1C(C)(C)CC[C@H](O)[C@@]12C. The van der Waals surface area contributed by atoms with E-state index in [9.17, 15) is 24.9 Å². The van der Waals surface area contributed by atoms with Crippen LogP contribution < -0.4 is 0 Å². The highest BCUT2D eigenvalue weighted by Crippen LogP contribution is 2.66. The minimum Gasteiger partial charge on any atom is -0.459 e. The first-order valence-corrected chi connectivity index (χ1v) is 10.2. The summed E-state index contributed by atoms with van der Waals surface area (Å²) in [4.78, 5) is 25.3. The lowest BCUT2D eigenvalue weighted by molar-refractivity contribution is -0.304. The first kappa shape index (κ1) is 21.5. The highest BCUT2D eigenvalue weighted by atomic mass is 16.6. The van der Waals surface area contributed by atoms with E-state index in [0.29, 0.717) is 19.3 Å². The number of aliphatic hydroxyl groups excluding tert-OH is 2. The lowest BCUT2D eigenvalue weighted by Crippen LogP contribution is -2.79. The van der Waals surface area contributed by atoms with Crippen LogP contribution in [0.5, 0.6) is 0 Å². The monoisotopic (exact) mass is 394 g/mol. The normalized spacial score (nSPS) is 50.3. The maximum Gasteiger partial charge on any atom is 0.303 e. The Hall–Kier alpha value is -1.24. The van der Waals surface area contributed by atoms with Crippen molar-refractivity contribution in [1.82, 2.24) is 0 Å². The second kappa shape index (κ2) is 6.38. The second-order valence-corrected chi connectivity index (χ2v) is 10.4. The van der Waals surface area contributed by atoms with E-state index < -0.39 is 58.0 Å². The van der Waals surface area contributed by atoms with E-state index in [0.717, 1.165) is 0 Å². The van der Waals surface area contributed by atoms with Gasteiger partial charge < -0.3 is 20.1 Å². The van der Waals surface area contributed by atoms with Crippen LogP contribution in [0.4, 0.5) is 0 Å². The van der Waals surface area contributed by atoms with Crippen LogP contribution in [0.3, 0.4) is 0 Å². The molecule has 0 radical (unpaired) electrons. The smallest absolute Gasteiger partial charge is 0.303 e. The molecule has 3 N–H and O–H groups in total. The molecule has 158 valence electrons. The third-order valence-electron chi connectivity index (χ3n) is 8.15. The standard InChI is InChI=1S/C22H34O6/c1-7-20(5)10-13-17(28-12(2)23)16(26)18-19(3,4)9-8-14(24)21(18,6)22(13,27)15(25)11-20/h7,13-14,16-18,24,26-27H,1,8-11H2,2-6H3/t13-,14+,16-,17-,18-,20+,21+,22-/m1/s1. The molecule has 28 heavy (non-hydrogen) atoms. The molecule has 3 saturated carbocycles. The van der Waals surface area contributed by atoms with Crippen LogP contribution in [0.2, 0.25) is 0 Å². The first-order valence-electron chi connectivity index (χ1n) is 10.2. The zero-order valence-corrected chi connectivity index (χ0v) is 17.6. The summed E-state index contributed by atoms with van der Waals surface area (Å²) >= 11 is 0. The minimum absolute atomic E-state index is 0.0991. The molecule has 6 heteroatoms. The predicted octanol–water partition coefficient (Wildman–Crippen LogP) is 2.00. The van der Waals surface area contributed by atoms with Gasteiger partial charge in [-0.2, -0.15) is 0 Å². The Morgan fingerprint density at radius 2 is 1.86 bits per heavy atom. The van der Waals surface area contributed by atoms with Crippen molar-refractivity contribution in [1.29, 1.82) is 0 Å². The maximum absolute atomic E-state index is 13.4. The summed E-state index contributed by atoms with van der Waals surface area (Å²) in [6.45, 7) is 12.6. The molecular formula is C22H34O6. The maximum atomic E-state index is 13.4. The lowest BCUT2D eigenvalue weighted by Gasteiger charge is -2.68. The molecule has 0 aromatic heterocycles. The third-order valence-corrected chi connectivity index (χ3v) is 8.15. The summed E-state index contributed by atoms with van der Waals surface area (Å²) in [5.41, 5.74) is -4.16. The van der Waals surface area contributed by atoms with Crippen LogP contribution in [0.1, 0.15) is 60.3 Å². The summed E-state index contributed by atoms with van der Waals surface area (Å²) in [6.07, 6.45) is 0.146. The topological polar surface area (TPSA) is 104 Å². The van der Waals surface area contributed by atoms with Crippen molar-refractivity contribution in [2.45, 2.75) is 84.2 Å². The average molecular weight is 395 g/mol. The number of allylic oxidation sites excluding steroid dienone is 1. The molecule has 0 saturated heterocycles. The number of fused-ring (bicyclic) bond motifs is 3. The highest BCUT2D eigenvalue weighted by Gasteiger charge is 2.75. The van der Waals surface area contributed by atoms with Crippen LogP contribution >= 0.6 is 0 Å². The van der Waals surface area contributed by atoms with E-state index in [1.807, 2.05) is 20.8 Å². The van der Waals surface area contributed by atoms with Gasteiger partial charge in [0.05, 0.1) is 12.2 Å². The van der Waals surface area contributed by atoms with Gasteiger partial charge in [0.15, 0.2) is 5.78 Å². The Labute approximate surface area is 167 Å². The van der Waals surface area contributed by atoms with Crippen molar-refractivity contribution in [3.63, 3.8) is 0 Å². The van der Waals surface area contributed by atoms with Gasteiger partial charge in [-0.05, 0) is 30.1 Å². The molecule has 0 spiro atoms. The van der Waals surface area contributed by atoms with Crippen LogP contribution in [0.15, 0.2) is 12.7 Å². The van der Waals surface area contributed by atoms with Crippen molar-refractivity contribution in [2.24, 2.45) is 28.1 Å². The van der Waals surface area contributed by atoms with Crippen LogP contribution in [-0.2, 0) is 14.3 Å². The first-order chi connectivity index (χ1) is 12.7. The van der Waals surface area contributed by atoms with E-state index >= 15 is 0 Å². The molecule has 0 aromatic carbocycles. The minimum atomic E-state index is -1.89. The third kappa shape index (κ3) is 2.64. The van der Waals surface area contributed by atoms with Crippen molar-refractivity contribution in [3.05, 3.63) is 12.7 Å². The lowest BCUT2D eigenvalue weighted by atomic mass is 9.39. The van der Waals surface area contributed by atoms with Gasteiger partial charge in [0.25, 0.3) is 0 Å². The summed E-state index contributed by atoms with van der Waals surface area (Å²) in [6, 6.07) is 0. The van der Waals surface area contributed by atoms with Crippen molar-refractivity contribution < 1.29 is 29.6 Å². The molecular weight excluding hydrogens is 360 g/mol. The second-order valence-electron chi connectivity index (χ2n) is 10.4. The summed E-state index contributed by atoms with van der Waals surface area (Å²) < 4.78 is 5.53. The molecule has 3 fully saturated rings. The van der Waals surface area contributed by atoms with Crippen molar-refractivity contribution in [2.75, 3.05) is 0 Å². The summed E-state index contributed by atoms with van der Waals surface area (Å²) in [7, 11) is 0. The molecule has 0 aromatic rings. The molecule has 3 rings (SSSR count). The zero-order valence-electron chi connectivity index (χ0n) is 17.6. The Morgan fingerprint density at radius 1 is 1.25 bits per heavy atom. The molecule has 0 aliphatic heterocycles. The number of hydrogen-bond donors (Lipinski definition) is 3. The van der Waals surface area contributed by atoms with Gasteiger partial charge in [0.2, 0.25) is 0 Å². The Bertz CT molecular complexity index is 701. The fourth-order valence-electron chi connectivity index (χ4n) is 6.70. The van der Waals surface area contributed by atoms with Gasteiger partial charge in [-0.3, -0.25) is 9.59 Å². The number of esters is 1.